The maximum Gasteiger partial charge on any atom is 0.271 e. The van der Waals surface area contributed by atoms with Crippen molar-refractivity contribution in [3.8, 4) is 0 Å². The minimum atomic E-state index is -0.519. The molecule has 2 aromatic carbocycles. The van der Waals surface area contributed by atoms with Gasteiger partial charge in [0.1, 0.15) is 0 Å². The van der Waals surface area contributed by atoms with Gasteiger partial charge in [-0.15, -0.1) is 0 Å². The lowest BCUT2D eigenvalue weighted by molar-refractivity contribution is -0.384. The fourth-order valence-electron chi connectivity index (χ4n) is 2.64. The van der Waals surface area contributed by atoms with Crippen LogP contribution in [0, 0.1) is 10.1 Å². The smallest absolute Gasteiger partial charge is 0.271 e. The Morgan fingerprint density at radius 1 is 1.17 bits per heavy atom. The molecule has 0 unspecified atom stereocenters. The van der Waals surface area contributed by atoms with Crippen LogP contribution in [0.25, 0.3) is 0 Å². The molecule has 2 aromatic rings. The SMILES string of the molecule is O=C(Nc1cccc([N+](=O)[O-])c1)c1cccc(N2CCCC2=O)c1. The molecule has 0 saturated carbocycles. The Bertz CT molecular complexity index is 819. The first-order valence-corrected chi connectivity index (χ1v) is 7.51. The van der Waals surface area contributed by atoms with E-state index in [1.165, 1.54) is 18.2 Å². The number of anilines is 2. The summed E-state index contributed by atoms with van der Waals surface area (Å²) in [5.74, 6) is -0.338. The van der Waals surface area contributed by atoms with Gasteiger partial charge in [0.25, 0.3) is 11.6 Å². The molecule has 7 nitrogen and oxygen atoms in total. The third kappa shape index (κ3) is 3.24. The maximum atomic E-state index is 12.4. The van der Waals surface area contributed by atoms with Crippen LogP contribution in [0.5, 0.6) is 0 Å². The van der Waals surface area contributed by atoms with Crippen molar-refractivity contribution in [1.82, 2.24) is 0 Å². The molecule has 0 bridgehead atoms. The second-order valence-electron chi connectivity index (χ2n) is 5.46. The highest BCUT2D eigenvalue weighted by atomic mass is 16.6. The van der Waals surface area contributed by atoms with Gasteiger partial charge in [-0.25, -0.2) is 0 Å². The Balaban J connectivity index is 1.79. The molecule has 0 aromatic heterocycles. The standard InChI is InChI=1S/C17H15N3O4/c21-16-8-3-9-19(16)14-6-1-4-12(10-14)17(22)18-13-5-2-7-15(11-13)20(23)24/h1-2,4-7,10-11H,3,8-9H2,(H,18,22). The summed E-state index contributed by atoms with van der Waals surface area (Å²) >= 11 is 0. The molecule has 1 aliphatic rings. The molecule has 0 spiro atoms. The Hall–Kier alpha value is -3.22. The van der Waals surface area contributed by atoms with E-state index in [-0.39, 0.29) is 17.5 Å². The summed E-state index contributed by atoms with van der Waals surface area (Å²) in [4.78, 5) is 36.1. The lowest BCUT2D eigenvalue weighted by atomic mass is 10.1. The second-order valence-corrected chi connectivity index (χ2v) is 5.46. The van der Waals surface area contributed by atoms with Crippen LogP contribution in [0.2, 0.25) is 0 Å². The van der Waals surface area contributed by atoms with E-state index >= 15 is 0 Å². The number of benzene rings is 2. The van der Waals surface area contributed by atoms with E-state index in [1.807, 2.05) is 0 Å². The van der Waals surface area contributed by atoms with Gasteiger partial charge in [-0.3, -0.25) is 19.7 Å². The van der Waals surface area contributed by atoms with Crippen molar-refractivity contribution in [1.29, 1.82) is 0 Å². The summed E-state index contributed by atoms with van der Waals surface area (Å²) in [6, 6.07) is 12.5. The molecule has 1 N–H and O–H groups in total. The minimum Gasteiger partial charge on any atom is -0.322 e. The molecule has 1 aliphatic heterocycles. The van der Waals surface area contributed by atoms with Crippen LogP contribution < -0.4 is 10.2 Å². The lowest BCUT2D eigenvalue weighted by Gasteiger charge is -2.16. The number of non-ortho nitro benzene ring substituents is 1. The van der Waals surface area contributed by atoms with Crippen molar-refractivity contribution in [3.63, 3.8) is 0 Å². The quantitative estimate of drug-likeness (QED) is 0.691. The zero-order chi connectivity index (χ0) is 17.1. The topological polar surface area (TPSA) is 92.5 Å². The predicted molar refractivity (Wildman–Crippen MR) is 89.1 cm³/mol. The first kappa shape index (κ1) is 15.7. The average Bonchev–Trinajstić information content (AvgIpc) is 3.01. The van der Waals surface area contributed by atoms with E-state index in [2.05, 4.69) is 5.32 Å². The van der Waals surface area contributed by atoms with Crippen molar-refractivity contribution in [3.05, 3.63) is 64.2 Å². The Kier molecular flexibility index (Phi) is 4.24. The molecule has 0 radical (unpaired) electrons. The summed E-state index contributed by atoms with van der Waals surface area (Å²) in [5.41, 5.74) is 1.32. The molecule has 1 heterocycles. The van der Waals surface area contributed by atoms with Gasteiger partial charge in [-0.2, -0.15) is 0 Å². The van der Waals surface area contributed by atoms with Crippen LogP contribution in [0.15, 0.2) is 48.5 Å². The largest absolute Gasteiger partial charge is 0.322 e. The summed E-state index contributed by atoms with van der Waals surface area (Å²) in [7, 11) is 0. The number of carbonyl (C=O) groups excluding carboxylic acids is 2. The van der Waals surface area contributed by atoms with Crippen LogP contribution in [-0.2, 0) is 4.79 Å². The van der Waals surface area contributed by atoms with Gasteiger partial charge < -0.3 is 10.2 Å². The average molecular weight is 325 g/mol. The molecule has 122 valence electrons. The van der Waals surface area contributed by atoms with E-state index in [0.717, 1.165) is 6.42 Å². The fraction of sp³-hybridized carbons (Fsp3) is 0.176. The van der Waals surface area contributed by atoms with Crippen molar-refractivity contribution < 1.29 is 14.5 Å². The number of hydrogen-bond donors (Lipinski definition) is 1. The van der Waals surface area contributed by atoms with Crippen molar-refractivity contribution in [2.45, 2.75) is 12.8 Å². The van der Waals surface area contributed by atoms with Gasteiger partial charge in [0, 0.05) is 42.0 Å². The Morgan fingerprint density at radius 2 is 1.96 bits per heavy atom. The van der Waals surface area contributed by atoms with E-state index < -0.39 is 4.92 Å². The number of amides is 2. The van der Waals surface area contributed by atoms with E-state index in [4.69, 9.17) is 0 Å². The highest BCUT2D eigenvalue weighted by molar-refractivity contribution is 6.05. The van der Waals surface area contributed by atoms with Crippen LogP contribution in [0.1, 0.15) is 23.2 Å². The van der Waals surface area contributed by atoms with Gasteiger partial charge in [0.2, 0.25) is 5.91 Å². The van der Waals surface area contributed by atoms with Crippen LogP contribution in [0.3, 0.4) is 0 Å². The molecule has 7 heteroatoms. The van der Waals surface area contributed by atoms with Crippen LogP contribution in [0.4, 0.5) is 17.1 Å². The molecule has 1 fully saturated rings. The zero-order valence-electron chi connectivity index (χ0n) is 12.8. The molecule has 2 amide bonds. The summed E-state index contributed by atoms with van der Waals surface area (Å²) in [6.45, 7) is 0.648. The van der Waals surface area contributed by atoms with Crippen LogP contribution in [-0.4, -0.2) is 23.3 Å². The number of rotatable bonds is 4. The van der Waals surface area contributed by atoms with Crippen molar-refractivity contribution in [2.24, 2.45) is 0 Å². The summed E-state index contributed by atoms with van der Waals surface area (Å²) in [5, 5.41) is 13.4. The maximum absolute atomic E-state index is 12.4. The lowest BCUT2D eigenvalue weighted by Crippen LogP contribution is -2.24. The zero-order valence-corrected chi connectivity index (χ0v) is 12.8. The second kappa shape index (κ2) is 6.49. The number of nitro benzene ring substituents is 1. The third-order valence-corrected chi connectivity index (χ3v) is 3.81. The van der Waals surface area contributed by atoms with E-state index in [0.29, 0.717) is 29.9 Å². The van der Waals surface area contributed by atoms with Gasteiger partial charge in [-0.05, 0) is 30.7 Å². The van der Waals surface area contributed by atoms with E-state index in [1.54, 1.807) is 35.2 Å². The number of hydrogen-bond acceptors (Lipinski definition) is 4. The number of nitro groups is 1. The number of nitrogens with one attached hydrogen (secondary N) is 1. The first-order valence-electron chi connectivity index (χ1n) is 7.51. The molecule has 0 atom stereocenters. The molecule has 0 aliphatic carbocycles. The number of carbonyl (C=O) groups is 2. The normalized spacial score (nSPS) is 13.8. The van der Waals surface area contributed by atoms with Gasteiger partial charge in [0.15, 0.2) is 0 Å². The number of nitrogens with zero attached hydrogens (tertiary/aromatic N) is 2. The van der Waals surface area contributed by atoms with Gasteiger partial charge in [-0.1, -0.05) is 12.1 Å². The summed E-state index contributed by atoms with van der Waals surface area (Å²) in [6.07, 6.45) is 1.33. The van der Waals surface area contributed by atoms with Gasteiger partial charge in [0.05, 0.1) is 4.92 Å². The van der Waals surface area contributed by atoms with Crippen molar-refractivity contribution in [2.75, 3.05) is 16.8 Å². The minimum absolute atomic E-state index is 0.0474. The van der Waals surface area contributed by atoms with Gasteiger partial charge >= 0.3 is 0 Å². The Labute approximate surface area is 138 Å². The predicted octanol–water partition coefficient (Wildman–Crippen LogP) is 2.97. The summed E-state index contributed by atoms with van der Waals surface area (Å²) < 4.78 is 0. The van der Waals surface area contributed by atoms with E-state index in [9.17, 15) is 19.7 Å². The highest BCUT2D eigenvalue weighted by Crippen LogP contribution is 2.23. The van der Waals surface area contributed by atoms with Crippen LogP contribution >= 0.6 is 0 Å². The first-order chi connectivity index (χ1) is 11.5. The monoisotopic (exact) mass is 325 g/mol. The molecule has 3 rings (SSSR count). The highest BCUT2D eigenvalue weighted by Gasteiger charge is 2.22. The Morgan fingerprint density at radius 3 is 2.67 bits per heavy atom. The molecular formula is C17H15N3O4. The molecule has 1 saturated heterocycles. The molecule has 24 heavy (non-hydrogen) atoms. The molecular weight excluding hydrogens is 310 g/mol. The van der Waals surface area contributed by atoms with Crippen molar-refractivity contribution >= 4 is 28.9 Å². The third-order valence-electron chi connectivity index (χ3n) is 3.81. The fourth-order valence-corrected chi connectivity index (χ4v) is 2.64.